The van der Waals surface area contributed by atoms with Gasteiger partial charge in [0.15, 0.2) is 0 Å². The second-order valence-corrected chi connectivity index (χ2v) is 10.0. The Balaban J connectivity index is 1.56. The number of rotatable bonds is 5. The van der Waals surface area contributed by atoms with Gasteiger partial charge in [-0.1, -0.05) is 0 Å². The summed E-state index contributed by atoms with van der Waals surface area (Å²) >= 11 is 0. The molecule has 6 nitrogen and oxygen atoms in total. The van der Waals surface area contributed by atoms with Gasteiger partial charge >= 0.3 is 6.18 Å². The Morgan fingerprint density at radius 2 is 1.83 bits per heavy atom. The SMILES string of the molecule is Cc1nc(N[C@H](C)c2cc(N)cc(C(F)(F)F)c2)c2cc([C@@H](C)N3CC(C#N)C3)c3c(c2n1)CCC3. The van der Waals surface area contributed by atoms with E-state index < -0.39 is 17.8 Å². The Labute approximate surface area is 208 Å². The second-order valence-electron chi connectivity index (χ2n) is 10.0. The Bertz CT molecular complexity index is 1370. The number of nitrogens with two attached hydrogens (primary N) is 1. The Morgan fingerprint density at radius 3 is 2.53 bits per heavy atom. The monoisotopic (exact) mass is 494 g/mol. The zero-order chi connectivity index (χ0) is 25.8. The van der Waals surface area contributed by atoms with Crippen LogP contribution >= 0.6 is 0 Å². The van der Waals surface area contributed by atoms with Crippen LogP contribution in [0, 0.1) is 24.2 Å². The Morgan fingerprint density at radius 1 is 1.11 bits per heavy atom. The highest BCUT2D eigenvalue weighted by atomic mass is 19.4. The van der Waals surface area contributed by atoms with Crippen molar-refractivity contribution in [2.45, 2.75) is 58.3 Å². The van der Waals surface area contributed by atoms with Gasteiger partial charge in [0.05, 0.1) is 29.1 Å². The van der Waals surface area contributed by atoms with E-state index in [-0.39, 0.29) is 17.6 Å². The third-order valence-corrected chi connectivity index (χ3v) is 7.46. The molecule has 5 rings (SSSR count). The number of nitriles is 1. The van der Waals surface area contributed by atoms with E-state index >= 15 is 0 Å². The van der Waals surface area contributed by atoms with Gasteiger partial charge < -0.3 is 11.1 Å². The minimum atomic E-state index is -4.48. The summed E-state index contributed by atoms with van der Waals surface area (Å²) in [6, 6.07) is 7.80. The molecule has 3 N–H and O–H groups in total. The van der Waals surface area contributed by atoms with Crippen LogP contribution in [0.15, 0.2) is 24.3 Å². The highest BCUT2D eigenvalue weighted by Crippen LogP contribution is 2.41. The number of alkyl halides is 3. The molecule has 188 valence electrons. The maximum atomic E-state index is 13.4. The largest absolute Gasteiger partial charge is 0.416 e. The lowest BCUT2D eigenvalue weighted by atomic mass is 9.90. The average molecular weight is 495 g/mol. The van der Waals surface area contributed by atoms with Crippen LogP contribution < -0.4 is 11.1 Å². The zero-order valence-corrected chi connectivity index (χ0v) is 20.6. The molecule has 0 amide bonds. The lowest BCUT2D eigenvalue weighted by Crippen LogP contribution is -2.47. The fraction of sp³-hybridized carbons (Fsp3) is 0.444. The van der Waals surface area contributed by atoms with Crippen molar-refractivity contribution in [3.63, 3.8) is 0 Å². The first-order valence-electron chi connectivity index (χ1n) is 12.3. The number of nitrogen functional groups attached to an aromatic ring is 1. The van der Waals surface area contributed by atoms with Crippen LogP contribution in [0.5, 0.6) is 0 Å². The van der Waals surface area contributed by atoms with E-state index in [4.69, 9.17) is 10.7 Å². The number of nitrogens with zero attached hydrogens (tertiary/aromatic N) is 4. The molecule has 1 aromatic heterocycles. The van der Waals surface area contributed by atoms with Crippen LogP contribution in [0.2, 0.25) is 0 Å². The molecule has 1 saturated heterocycles. The van der Waals surface area contributed by atoms with Crippen LogP contribution in [0.1, 0.15) is 66.0 Å². The summed E-state index contributed by atoms with van der Waals surface area (Å²) in [5, 5.41) is 13.4. The topological polar surface area (TPSA) is 90.9 Å². The number of fused-ring (bicyclic) bond motifs is 3. The smallest absolute Gasteiger partial charge is 0.399 e. The summed E-state index contributed by atoms with van der Waals surface area (Å²) in [6.45, 7) is 7.32. The van der Waals surface area contributed by atoms with E-state index in [0.717, 1.165) is 55.4 Å². The minimum absolute atomic E-state index is 0.0661. The molecule has 0 unspecified atom stereocenters. The highest BCUT2D eigenvalue weighted by molar-refractivity contribution is 5.93. The van der Waals surface area contributed by atoms with Crippen molar-refractivity contribution >= 4 is 22.4 Å². The van der Waals surface area contributed by atoms with Crippen LogP contribution in [0.25, 0.3) is 10.9 Å². The number of aryl methyl sites for hydroxylation is 2. The van der Waals surface area contributed by atoms with Gasteiger partial charge in [-0.05, 0) is 86.6 Å². The number of benzene rings is 2. The van der Waals surface area contributed by atoms with E-state index in [9.17, 15) is 18.4 Å². The number of hydrogen-bond acceptors (Lipinski definition) is 6. The third-order valence-electron chi connectivity index (χ3n) is 7.46. The van der Waals surface area contributed by atoms with Gasteiger partial charge in [0.1, 0.15) is 11.6 Å². The molecule has 1 aliphatic carbocycles. The Kier molecular flexibility index (Phi) is 6.03. The normalized spacial score (nSPS) is 17.9. The molecule has 1 fully saturated rings. The van der Waals surface area contributed by atoms with Crippen LogP contribution in [0.3, 0.4) is 0 Å². The van der Waals surface area contributed by atoms with E-state index in [0.29, 0.717) is 17.2 Å². The first-order chi connectivity index (χ1) is 17.0. The van der Waals surface area contributed by atoms with Crippen LogP contribution in [0.4, 0.5) is 24.7 Å². The fourth-order valence-corrected chi connectivity index (χ4v) is 5.48. The van der Waals surface area contributed by atoms with Gasteiger partial charge in [0, 0.05) is 30.2 Å². The van der Waals surface area contributed by atoms with Crippen molar-refractivity contribution in [1.82, 2.24) is 14.9 Å². The fourth-order valence-electron chi connectivity index (χ4n) is 5.48. The molecule has 2 heterocycles. The first-order valence-corrected chi connectivity index (χ1v) is 12.3. The van der Waals surface area contributed by atoms with Crippen molar-refractivity contribution in [1.29, 1.82) is 5.26 Å². The van der Waals surface area contributed by atoms with Crippen molar-refractivity contribution in [2.24, 2.45) is 5.92 Å². The van der Waals surface area contributed by atoms with E-state index in [2.05, 4.69) is 34.3 Å². The zero-order valence-electron chi connectivity index (χ0n) is 20.6. The molecular formula is C27H29F3N6. The van der Waals surface area contributed by atoms with Gasteiger partial charge in [0.2, 0.25) is 0 Å². The predicted molar refractivity (Wildman–Crippen MR) is 133 cm³/mol. The molecule has 2 atom stereocenters. The lowest BCUT2D eigenvalue weighted by Gasteiger charge is -2.41. The number of hydrogen-bond donors (Lipinski definition) is 2. The summed E-state index contributed by atoms with van der Waals surface area (Å²) in [7, 11) is 0. The number of likely N-dealkylation sites (tertiary alicyclic amines) is 1. The lowest BCUT2D eigenvalue weighted by molar-refractivity contribution is -0.137. The summed E-state index contributed by atoms with van der Waals surface area (Å²) in [5.74, 6) is 1.28. The standard InChI is InChI=1S/C27H29F3N6/c1-14(18-7-19(27(28,29)30)9-20(32)8-18)33-26-24-10-23(15(2)36-12-17(11-31)13-36)21-5-4-6-22(21)25(24)34-16(3)35-26/h7-10,14-15,17H,4-6,12-13,32H2,1-3H3,(H,33,34,35)/t14-,15-/m1/s1. The van der Waals surface area contributed by atoms with E-state index in [1.165, 1.54) is 16.7 Å². The summed E-state index contributed by atoms with van der Waals surface area (Å²) in [6.07, 6.45) is -1.50. The van der Waals surface area contributed by atoms with E-state index in [1.807, 2.05) is 6.92 Å². The number of nitrogens with one attached hydrogen (secondary N) is 1. The molecule has 0 radical (unpaired) electrons. The Hall–Kier alpha value is -3.38. The van der Waals surface area contributed by atoms with E-state index in [1.54, 1.807) is 13.0 Å². The van der Waals surface area contributed by atoms with Crippen LogP contribution in [-0.2, 0) is 19.0 Å². The summed E-state index contributed by atoms with van der Waals surface area (Å²) < 4.78 is 40.1. The third kappa shape index (κ3) is 4.35. The summed E-state index contributed by atoms with van der Waals surface area (Å²) in [4.78, 5) is 11.7. The van der Waals surface area contributed by atoms with Crippen LogP contribution in [-0.4, -0.2) is 28.0 Å². The van der Waals surface area contributed by atoms with Crippen molar-refractivity contribution in [3.05, 3.63) is 57.9 Å². The van der Waals surface area contributed by atoms with Gasteiger partial charge in [-0.15, -0.1) is 0 Å². The maximum Gasteiger partial charge on any atom is 0.416 e. The van der Waals surface area contributed by atoms with Gasteiger partial charge in [0.25, 0.3) is 0 Å². The van der Waals surface area contributed by atoms with Crippen molar-refractivity contribution < 1.29 is 13.2 Å². The quantitative estimate of drug-likeness (QED) is 0.441. The average Bonchev–Trinajstić information content (AvgIpc) is 3.27. The van der Waals surface area contributed by atoms with Gasteiger partial charge in [-0.3, -0.25) is 4.90 Å². The molecule has 1 aliphatic heterocycles. The first kappa shape index (κ1) is 24.3. The van der Waals surface area contributed by atoms with Crippen molar-refractivity contribution in [3.8, 4) is 6.07 Å². The van der Waals surface area contributed by atoms with Crippen molar-refractivity contribution in [2.75, 3.05) is 24.1 Å². The second kappa shape index (κ2) is 8.93. The molecule has 36 heavy (non-hydrogen) atoms. The molecule has 2 aliphatic rings. The molecule has 0 spiro atoms. The number of aromatic nitrogens is 2. The maximum absolute atomic E-state index is 13.4. The molecule has 0 bridgehead atoms. The molecule has 2 aromatic carbocycles. The molecule has 3 aromatic rings. The van der Waals surface area contributed by atoms with Gasteiger partial charge in [-0.2, -0.15) is 18.4 Å². The molecule has 0 saturated carbocycles. The summed E-state index contributed by atoms with van der Waals surface area (Å²) in [5.41, 5.74) is 10.2. The highest BCUT2D eigenvalue weighted by Gasteiger charge is 2.34. The number of halogens is 3. The number of anilines is 2. The minimum Gasteiger partial charge on any atom is -0.399 e. The molecule has 9 heteroatoms. The predicted octanol–water partition coefficient (Wildman–Crippen LogP) is 5.72. The molecular weight excluding hydrogens is 465 g/mol. The van der Waals surface area contributed by atoms with Gasteiger partial charge in [-0.25, -0.2) is 9.97 Å².